The zero-order valence-electron chi connectivity index (χ0n) is 16.1. The lowest BCUT2D eigenvalue weighted by molar-refractivity contribution is -0.00952. The number of rotatable bonds is 6. The maximum Gasteiger partial charge on any atom is 0.322 e. The summed E-state index contributed by atoms with van der Waals surface area (Å²) in [4.78, 5) is 14.9. The van der Waals surface area contributed by atoms with Crippen molar-refractivity contribution >= 4 is 11.7 Å². The number of anilines is 1. The summed E-state index contributed by atoms with van der Waals surface area (Å²) < 4.78 is 0. The third-order valence-electron chi connectivity index (χ3n) is 6.29. The highest BCUT2D eigenvalue weighted by Crippen LogP contribution is 2.59. The molecule has 1 saturated carbocycles. The van der Waals surface area contributed by atoms with E-state index in [1.54, 1.807) is 0 Å². The second-order valence-corrected chi connectivity index (χ2v) is 8.40. The normalized spacial score (nSPS) is 23.4. The van der Waals surface area contributed by atoms with Crippen molar-refractivity contribution in [3.8, 4) is 0 Å². The topological polar surface area (TPSA) is 32.3 Å². The van der Waals surface area contributed by atoms with E-state index in [0.29, 0.717) is 11.3 Å². The van der Waals surface area contributed by atoms with Crippen LogP contribution in [0.15, 0.2) is 35.9 Å². The van der Waals surface area contributed by atoms with Crippen LogP contribution in [-0.4, -0.2) is 24.0 Å². The van der Waals surface area contributed by atoms with Gasteiger partial charge in [0.05, 0.1) is 0 Å². The van der Waals surface area contributed by atoms with Gasteiger partial charge in [-0.15, -0.1) is 0 Å². The molecule has 2 amide bonds. The first-order valence-electron chi connectivity index (χ1n) is 9.73. The van der Waals surface area contributed by atoms with Gasteiger partial charge in [0.15, 0.2) is 0 Å². The minimum Gasteiger partial charge on any atom is -0.321 e. The van der Waals surface area contributed by atoms with E-state index in [9.17, 15) is 4.79 Å². The second kappa shape index (κ2) is 7.23. The van der Waals surface area contributed by atoms with Gasteiger partial charge < -0.3 is 10.2 Å². The second-order valence-electron chi connectivity index (χ2n) is 8.40. The summed E-state index contributed by atoms with van der Waals surface area (Å²) in [5.74, 6) is 1.49. The van der Waals surface area contributed by atoms with Crippen molar-refractivity contribution < 1.29 is 4.79 Å². The van der Waals surface area contributed by atoms with E-state index in [0.717, 1.165) is 43.1 Å². The number of hydrogen-bond donors (Lipinski definition) is 1. The standard InChI is InChI=1S/C22H32N2O/c1-5-6-12-24(21(25)23-19-9-7-8-16(2)13-19)15-17-10-11-18-14-20(17)22(18,3)4/h7-10,13,18,20H,5-6,11-12,14-15H2,1-4H3,(H,23,25). The van der Waals surface area contributed by atoms with Gasteiger partial charge in [-0.1, -0.05) is 51.0 Å². The van der Waals surface area contributed by atoms with E-state index in [2.05, 4.69) is 32.2 Å². The number of amides is 2. The molecule has 4 rings (SSSR count). The average Bonchev–Trinajstić information content (AvgIpc) is 2.58. The van der Waals surface area contributed by atoms with Gasteiger partial charge in [-0.25, -0.2) is 4.79 Å². The molecular formula is C22H32N2O. The van der Waals surface area contributed by atoms with Crippen molar-refractivity contribution in [1.82, 2.24) is 4.90 Å². The number of benzene rings is 1. The van der Waals surface area contributed by atoms with Crippen LogP contribution < -0.4 is 5.32 Å². The van der Waals surface area contributed by atoms with Crippen molar-refractivity contribution in [2.45, 2.75) is 53.4 Å². The van der Waals surface area contributed by atoms with Gasteiger partial charge >= 0.3 is 6.03 Å². The van der Waals surface area contributed by atoms with E-state index in [1.165, 1.54) is 18.4 Å². The Morgan fingerprint density at radius 1 is 1.36 bits per heavy atom. The smallest absolute Gasteiger partial charge is 0.321 e. The molecule has 0 aliphatic heterocycles. The van der Waals surface area contributed by atoms with Gasteiger partial charge in [0.1, 0.15) is 0 Å². The van der Waals surface area contributed by atoms with E-state index < -0.39 is 0 Å². The molecule has 0 aromatic heterocycles. The zero-order valence-corrected chi connectivity index (χ0v) is 16.1. The minimum atomic E-state index is 0.0270. The molecule has 1 N–H and O–H groups in total. The van der Waals surface area contributed by atoms with Gasteiger partial charge in [-0.05, 0) is 61.1 Å². The molecule has 1 aromatic rings. The van der Waals surface area contributed by atoms with Crippen molar-refractivity contribution in [1.29, 1.82) is 0 Å². The first-order chi connectivity index (χ1) is 11.9. The van der Waals surface area contributed by atoms with Crippen LogP contribution in [0.1, 0.15) is 52.0 Å². The summed E-state index contributed by atoms with van der Waals surface area (Å²) >= 11 is 0. The molecule has 0 heterocycles. The highest BCUT2D eigenvalue weighted by atomic mass is 16.2. The molecule has 2 unspecified atom stereocenters. The first kappa shape index (κ1) is 18.0. The number of urea groups is 1. The summed E-state index contributed by atoms with van der Waals surface area (Å²) in [6, 6.07) is 8.05. The molecule has 0 spiro atoms. The lowest BCUT2D eigenvalue weighted by atomic mass is 9.49. The molecule has 0 saturated heterocycles. The summed E-state index contributed by atoms with van der Waals surface area (Å²) in [7, 11) is 0. The number of carbonyl (C=O) groups excluding carboxylic acids is 1. The molecule has 25 heavy (non-hydrogen) atoms. The predicted octanol–water partition coefficient (Wildman–Crippen LogP) is 5.62. The Kier molecular flexibility index (Phi) is 5.21. The fraction of sp³-hybridized carbons (Fsp3) is 0.591. The van der Waals surface area contributed by atoms with Gasteiger partial charge in [0.2, 0.25) is 0 Å². The number of hydrogen-bond acceptors (Lipinski definition) is 1. The molecular weight excluding hydrogens is 308 g/mol. The monoisotopic (exact) mass is 340 g/mol. The van der Waals surface area contributed by atoms with Crippen LogP contribution in [0, 0.1) is 24.2 Å². The molecule has 0 radical (unpaired) electrons. The first-order valence-corrected chi connectivity index (χ1v) is 9.73. The maximum atomic E-state index is 12.9. The molecule has 3 aliphatic rings. The summed E-state index contributed by atoms with van der Waals surface area (Å²) in [5.41, 5.74) is 3.93. The van der Waals surface area contributed by atoms with Crippen LogP contribution in [0.2, 0.25) is 0 Å². The van der Waals surface area contributed by atoms with Crippen LogP contribution in [0.4, 0.5) is 10.5 Å². The lowest BCUT2D eigenvalue weighted by Crippen LogP contribution is -2.50. The van der Waals surface area contributed by atoms with Crippen LogP contribution in [0.5, 0.6) is 0 Å². The molecule has 3 aliphatic carbocycles. The van der Waals surface area contributed by atoms with Gasteiger partial charge in [0, 0.05) is 18.8 Å². The Bertz CT molecular complexity index is 662. The number of unbranched alkanes of at least 4 members (excludes halogenated alkanes) is 1. The number of fused-ring (bicyclic) bond motifs is 1. The van der Waals surface area contributed by atoms with Crippen LogP contribution in [0.3, 0.4) is 0 Å². The van der Waals surface area contributed by atoms with Crippen molar-refractivity contribution in [3.05, 3.63) is 41.5 Å². The molecule has 1 fully saturated rings. The van der Waals surface area contributed by atoms with Crippen LogP contribution in [-0.2, 0) is 0 Å². The van der Waals surface area contributed by atoms with E-state index in [-0.39, 0.29) is 6.03 Å². The molecule has 1 aromatic carbocycles. The molecule has 2 atom stereocenters. The van der Waals surface area contributed by atoms with E-state index in [4.69, 9.17) is 0 Å². The fourth-order valence-corrected chi connectivity index (χ4v) is 4.40. The van der Waals surface area contributed by atoms with Gasteiger partial charge in [-0.3, -0.25) is 0 Å². The molecule has 3 heteroatoms. The predicted molar refractivity (Wildman–Crippen MR) is 105 cm³/mol. The number of allylic oxidation sites excluding steroid dienone is 1. The number of nitrogens with zero attached hydrogens (tertiary/aromatic N) is 1. The van der Waals surface area contributed by atoms with Gasteiger partial charge in [-0.2, -0.15) is 0 Å². The largest absolute Gasteiger partial charge is 0.322 e. The molecule has 136 valence electrons. The Balaban J connectivity index is 1.69. The quantitative estimate of drug-likeness (QED) is 0.670. The number of nitrogens with one attached hydrogen (secondary N) is 1. The number of aryl methyl sites for hydroxylation is 1. The summed E-state index contributed by atoms with van der Waals surface area (Å²) in [5, 5.41) is 3.09. The summed E-state index contributed by atoms with van der Waals surface area (Å²) in [6.07, 6.45) is 7.04. The van der Waals surface area contributed by atoms with Crippen molar-refractivity contribution in [2.75, 3.05) is 18.4 Å². The SMILES string of the molecule is CCCCN(CC1=CCC2CC1C2(C)C)C(=O)Nc1cccc(C)c1. The Hall–Kier alpha value is -1.77. The highest BCUT2D eigenvalue weighted by molar-refractivity contribution is 5.89. The Labute approximate surface area is 152 Å². The number of carbonyl (C=O) groups is 1. The van der Waals surface area contributed by atoms with Gasteiger partial charge in [0.25, 0.3) is 0 Å². The molecule has 2 bridgehead atoms. The van der Waals surface area contributed by atoms with Crippen LogP contribution >= 0.6 is 0 Å². The Morgan fingerprint density at radius 3 is 2.80 bits per heavy atom. The fourth-order valence-electron chi connectivity index (χ4n) is 4.40. The van der Waals surface area contributed by atoms with Crippen molar-refractivity contribution in [3.63, 3.8) is 0 Å². The maximum absolute atomic E-state index is 12.9. The van der Waals surface area contributed by atoms with E-state index in [1.807, 2.05) is 36.1 Å². The lowest BCUT2D eigenvalue weighted by Gasteiger charge is -2.57. The highest BCUT2D eigenvalue weighted by Gasteiger charge is 2.51. The Morgan fingerprint density at radius 2 is 2.16 bits per heavy atom. The third-order valence-corrected chi connectivity index (χ3v) is 6.29. The minimum absolute atomic E-state index is 0.0270. The average molecular weight is 341 g/mol. The summed E-state index contributed by atoms with van der Waals surface area (Å²) in [6.45, 7) is 10.6. The van der Waals surface area contributed by atoms with E-state index >= 15 is 0 Å². The molecule has 3 nitrogen and oxygen atoms in total. The third kappa shape index (κ3) is 3.75. The van der Waals surface area contributed by atoms with Crippen molar-refractivity contribution in [2.24, 2.45) is 17.3 Å². The zero-order chi connectivity index (χ0) is 18.0. The van der Waals surface area contributed by atoms with Crippen LogP contribution in [0.25, 0.3) is 0 Å².